The Bertz CT molecular complexity index is 495. The molecular weight excluding hydrogens is 211 g/mol. The fourth-order valence-electron chi connectivity index (χ4n) is 1.35. The maximum absolute atomic E-state index is 12.9. The fraction of sp³-hybridized carbons (Fsp3) is 0.0909. The third-order valence-electron chi connectivity index (χ3n) is 2.07. The normalized spacial score (nSPS) is 17.5. The number of aliphatic hydroxyl groups excluding tert-OH is 1. The largest absolute Gasteiger partial charge is 0.392 e. The molecule has 1 aliphatic heterocycles. The van der Waals surface area contributed by atoms with E-state index < -0.39 is 5.82 Å². The lowest BCUT2D eigenvalue weighted by molar-refractivity contribution is -0.114. The van der Waals surface area contributed by atoms with Crippen LogP contribution in [0.5, 0.6) is 0 Å². The minimum absolute atomic E-state index is 0.262. The van der Waals surface area contributed by atoms with Gasteiger partial charge < -0.3 is 10.4 Å². The molecule has 2 N–H and O–H groups in total. The third kappa shape index (κ3) is 2.14. The minimum Gasteiger partial charge on any atom is -0.392 e. The smallest absolute Gasteiger partial charge is 0.250 e. The van der Waals surface area contributed by atoms with Gasteiger partial charge in [0.25, 0.3) is 0 Å². The Labute approximate surface area is 91.1 Å². The molecule has 1 aliphatic rings. The molecule has 1 amide bonds. The molecular formula is C11H9FN2O2. The highest BCUT2D eigenvalue weighted by atomic mass is 19.1. The first kappa shape index (κ1) is 10.5. The molecule has 0 atom stereocenters. The molecule has 0 saturated carbocycles. The number of aliphatic hydroxyl groups is 1. The number of aliphatic imine (C=N–C) groups is 1. The first-order valence-corrected chi connectivity index (χ1v) is 4.66. The number of hydrogen-bond acceptors (Lipinski definition) is 3. The van der Waals surface area contributed by atoms with Gasteiger partial charge in [-0.05, 0) is 18.2 Å². The molecule has 0 aliphatic carbocycles. The van der Waals surface area contributed by atoms with E-state index in [1.807, 2.05) is 0 Å². The second kappa shape index (κ2) is 4.24. The quantitative estimate of drug-likeness (QED) is 0.778. The zero-order valence-corrected chi connectivity index (χ0v) is 8.27. The maximum Gasteiger partial charge on any atom is 0.250 e. The lowest BCUT2D eigenvalue weighted by Crippen LogP contribution is -2.23. The van der Waals surface area contributed by atoms with Crippen molar-refractivity contribution >= 4 is 17.4 Å². The highest BCUT2D eigenvalue weighted by molar-refractivity contribution is 6.19. The van der Waals surface area contributed by atoms with E-state index >= 15 is 0 Å². The number of nitrogens with zero attached hydrogens (tertiary/aromatic N) is 1. The standard InChI is InChI=1S/C11H9FN2O2/c12-8-2-1-3-9(5-8)13-11-7(6-15)4-10(16)14-11/h1-5,15H,6H2,(H,13,14,16). The maximum atomic E-state index is 12.9. The molecule has 0 aromatic heterocycles. The Morgan fingerprint density at radius 2 is 2.25 bits per heavy atom. The first-order valence-electron chi connectivity index (χ1n) is 4.66. The Hall–Kier alpha value is -2.01. The summed E-state index contributed by atoms with van der Waals surface area (Å²) in [4.78, 5) is 15.1. The lowest BCUT2D eigenvalue weighted by atomic mass is 10.2. The van der Waals surface area contributed by atoms with Gasteiger partial charge in [0, 0.05) is 11.6 Å². The number of rotatable bonds is 2. The molecule has 5 heteroatoms. The minimum atomic E-state index is -0.402. The van der Waals surface area contributed by atoms with E-state index in [0.29, 0.717) is 11.3 Å². The van der Waals surface area contributed by atoms with Crippen LogP contribution >= 0.6 is 0 Å². The van der Waals surface area contributed by atoms with Crippen molar-refractivity contribution in [1.82, 2.24) is 5.32 Å². The van der Waals surface area contributed by atoms with Gasteiger partial charge in [-0.2, -0.15) is 0 Å². The molecule has 16 heavy (non-hydrogen) atoms. The Kier molecular flexibility index (Phi) is 2.78. The third-order valence-corrected chi connectivity index (χ3v) is 2.07. The number of hydrogen-bond donors (Lipinski definition) is 2. The van der Waals surface area contributed by atoms with Gasteiger partial charge in [0.2, 0.25) is 5.91 Å². The molecule has 0 bridgehead atoms. The van der Waals surface area contributed by atoms with Crippen LogP contribution in [0, 0.1) is 5.82 Å². The van der Waals surface area contributed by atoms with Crippen molar-refractivity contribution in [1.29, 1.82) is 0 Å². The van der Waals surface area contributed by atoms with Crippen molar-refractivity contribution in [2.24, 2.45) is 4.99 Å². The fourth-order valence-corrected chi connectivity index (χ4v) is 1.35. The number of halogens is 1. The van der Waals surface area contributed by atoms with Crippen LogP contribution in [0.3, 0.4) is 0 Å². The Morgan fingerprint density at radius 3 is 2.94 bits per heavy atom. The number of amidine groups is 1. The Balaban J connectivity index is 2.32. The van der Waals surface area contributed by atoms with Gasteiger partial charge in [-0.3, -0.25) is 4.79 Å². The number of amides is 1. The van der Waals surface area contributed by atoms with Crippen molar-refractivity contribution in [2.45, 2.75) is 0 Å². The molecule has 0 saturated heterocycles. The summed E-state index contributed by atoms with van der Waals surface area (Å²) in [6.45, 7) is -0.285. The summed E-state index contributed by atoms with van der Waals surface area (Å²) < 4.78 is 12.9. The second-order valence-corrected chi connectivity index (χ2v) is 3.26. The average molecular weight is 220 g/mol. The highest BCUT2D eigenvalue weighted by Gasteiger charge is 2.17. The monoisotopic (exact) mass is 220 g/mol. The van der Waals surface area contributed by atoms with Gasteiger partial charge >= 0.3 is 0 Å². The molecule has 0 radical (unpaired) electrons. The van der Waals surface area contributed by atoms with Crippen LogP contribution in [-0.2, 0) is 4.79 Å². The summed E-state index contributed by atoms with van der Waals surface area (Å²) in [5, 5.41) is 11.4. The predicted octanol–water partition coefficient (Wildman–Crippen LogP) is 0.904. The van der Waals surface area contributed by atoms with Gasteiger partial charge in [-0.1, -0.05) is 6.07 Å². The molecule has 0 fully saturated rings. The zero-order chi connectivity index (χ0) is 11.5. The van der Waals surface area contributed by atoms with E-state index in [9.17, 15) is 9.18 Å². The van der Waals surface area contributed by atoms with Crippen LogP contribution in [-0.4, -0.2) is 23.5 Å². The van der Waals surface area contributed by atoms with Crippen molar-refractivity contribution in [2.75, 3.05) is 6.61 Å². The zero-order valence-electron chi connectivity index (χ0n) is 8.27. The summed E-state index contributed by atoms with van der Waals surface area (Å²) in [5.74, 6) is -0.474. The van der Waals surface area contributed by atoms with Gasteiger partial charge in [0.1, 0.15) is 11.7 Å². The summed E-state index contributed by atoms with van der Waals surface area (Å²) >= 11 is 0. The molecule has 0 unspecified atom stereocenters. The van der Waals surface area contributed by atoms with E-state index in [1.165, 1.54) is 24.3 Å². The van der Waals surface area contributed by atoms with Crippen molar-refractivity contribution in [3.8, 4) is 0 Å². The molecule has 4 nitrogen and oxygen atoms in total. The molecule has 1 aromatic carbocycles. The number of carbonyl (C=O) groups excluding carboxylic acids is 1. The first-order chi connectivity index (χ1) is 7.69. The highest BCUT2D eigenvalue weighted by Crippen LogP contribution is 2.15. The summed E-state index contributed by atoms with van der Waals surface area (Å²) in [5.41, 5.74) is 0.783. The van der Waals surface area contributed by atoms with Crippen LogP contribution in [0.1, 0.15) is 0 Å². The molecule has 82 valence electrons. The van der Waals surface area contributed by atoms with Crippen LogP contribution in [0.15, 0.2) is 40.9 Å². The van der Waals surface area contributed by atoms with E-state index in [0.717, 1.165) is 0 Å². The lowest BCUT2D eigenvalue weighted by Gasteiger charge is -2.01. The summed E-state index contributed by atoms with van der Waals surface area (Å²) in [6, 6.07) is 5.68. The van der Waals surface area contributed by atoms with E-state index in [4.69, 9.17) is 5.11 Å². The van der Waals surface area contributed by atoms with Crippen LogP contribution in [0.25, 0.3) is 0 Å². The average Bonchev–Trinajstić information content (AvgIpc) is 2.59. The second-order valence-electron chi connectivity index (χ2n) is 3.26. The molecule has 2 rings (SSSR count). The number of carbonyl (C=O) groups is 1. The van der Waals surface area contributed by atoms with E-state index in [2.05, 4.69) is 10.3 Å². The summed E-state index contributed by atoms with van der Waals surface area (Å²) in [7, 11) is 0. The van der Waals surface area contributed by atoms with E-state index in [1.54, 1.807) is 6.07 Å². The van der Waals surface area contributed by atoms with Crippen molar-refractivity contribution in [3.05, 3.63) is 41.7 Å². The Morgan fingerprint density at radius 1 is 1.44 bits per heavy atom. The topological polar surface area (TPSA) is 61.7 Å². The SMILES string of the molecule is O=C1C=C(CO)C(=Nc2cccc(F)c2)N1. The van der Waals surface area contributed by atoms with Gasteiger partial charge in [0.05, 0.1) is 12.3 Å². The van der Waals surface area contributed by atoms with Crippen molar-refractivity contribution < 1.29 is 14.3 Å². The van der Waals surface area contributed by atoms with E-state index in [-0.39, 0.29) is 18.3 Å². The summed E-state index contributed by atoms with van der Waals surface area (Å²) in [6.07, 6.45) is 1.26. The van der Waals surface area contributed by atoms with Gasteiger partial charge in [-0.15, -0.1) is 0 Å². The molecule has 1 heterocycles. The predicted molar refractivity (Wildman–Crippen MR) is 56.8 cm³/mol. The van der Waals surface area contributed by atoms with Crippen LogP contribution in [0.4, 0.5) is 10.1 Å². The van der Waals surface area contributed by atoms with Crippen LogP contribution < -0.4 is 5.32 Å². The molecule has 1 aromatic rings. The number of benzene rings is 1. The van der Waals surface area contributed by atoms with Gasteiger partial charge in [0.15, 0.2) is 0 Å². The number of nitrogens with one attached hydrogen (secondary N) is 1. The van der Waals surface area contributed by atoms with Crippen LogP contribution in [0.2, 0.25) is 0 Å². The van der Waals surface area contributed by atoms with Crippen molar-refractivity contribution in [3.63, 3.8) is 0 Å². The molecule has 0 spiro atoms. The van der Waals surface area contributed by atoms with Gasteiger partial charge in [-0.25, -0.2) is 9.38 Å².